The summed E-state index contributed by atoms with van der Waals surface area (Å²) < 4.78 is 5.03. The van der Waals surface area contributed by atoms with Gasteiger partial charge in [-0.3, -0.25) is 0 Å². The lowest BCUT2D eigenvalue weighted by Crippen LogP contribution is -2.08. The Balaban J connectivity index is 2.77. The fourth-order valence-electron chi connectivity index (χ4n) is 1.19. The summed E-state index contributed by atoms with van der Waals surface area (Å²) in [5.41, 5.74) is 5.97. The number of aryl methyl sites for hydroxylation is 1. The molecule has 0 unspecified atom stereocenters. The van der Waals surface area contributed by atoms with Gasteiger partial charge in [0.05, 0.1) is 6.61 Å². The van der Waals surface area contributed by atoms with Crippen LogP contribution in [-0.2, 0) is 11.2 Å². The molecule has 15 heavy (non-hydrogen) atoms. The van der Waals surface area contributed by atoms with Crippen molar-refractivity contribution >= 4 is 22.4 Å². The molecule has 0 bridgehead atoms. The Bertz CT molecular complexity index is 336. The van der Waals surface area contributed by atoms with Gasteiger partial charge in [-0.2, -0.15) is 0 Å². The van der Waals surface area contributed by atoms with Crippen LogP contribution in [0.1, 0.15) is 42.1 Å². The first-order chi connectivity index (χ1) is 7.19. The van der Waals surface area contributed by atoms with Gasteiger partial charge in [0.2, 0.25) is 0 Å². The maximum absolute atomic E-state index is 11.6. The number of aromatic nitrogens is 1. The standard InChI is InChI=1S/C10H16N2O2S/c1-3-5-7-8(12-10(11)15-7)9(13)14-6-4-2/h3-6H2,1-2H3,(H2,11,12). The van der Waals surface area contributed by atoms with Gasteiger partial charge in [-0.1, -0.05) is 20.3 Å². The molecule has 0 saturated heterocycles. The number of rotatable bonds is 5. The van der Waals surface area contributed by atoms with Gasteiger partial charge in [0.1, 0.15) is 0 Å². The number of nitrogens with two attached hydrogens (primary N) is 1. The molecular formula is C10H16N2O2S. The summed E-state index contributed by atoms with van der Waals surface area (Å²) in [6.45, 7) is 4.44. The first kappa shape index (κ1) is 12.0. The van der Waals surface area contributed by atoms with Crippen LogP contribution in [0.3, 0.4) is 0 Å². The van der Waals surface area contributed by atoms with Crippen molar-refractivity contribution in [3.63, 3.8) is 0 Å². The van der Waals surface area contributed by atoms with E-state index in [4.69, 9.17) is 10.5 Å². The van der Waals surface area contributed by atoms with Crippen LogP contribution < -0.4 is 5.73 Å². The minimum absolute atomic E-state index is 0.353. The number of thiazole rings is 1. The van der Waals surface area contributed by atoms with Crippen LogP contribution in [0.15, 0.2) is 0 Å². The first-order valence-electron chi connectivity index (χ1n) is 5.11. The van der Waals surface area contributed by atoms with Gasteiger partial charge in [-0.05, 0) is 12.8 Å². The van der Waals surface area contributed by atoms with Crippen LogP contribution in [0.5, 0.6) is 0 Å². The number of carbonyl (C=O) groups excluding carboxylic acids is 1. The Morgan fingerprint density at radius 3 is 2.80 bits per heavy atom. The van der Waals surface area contributed by atoms with Crippen molar-refractivity contribution in [1.82, 2.24) is 4.98 Å². The highest BCUT2D eigenvalue weighted by Crippen LogP contribution is 2.22. The van der Waals surface area contributed by atoms with E-state index in [9.17, 15) is 4.79 Å². The Kier molecular flexibility index (Phi) is 4.55. The van der Waals surface area contributed by atoms with Crippen LogP contribution >= 0.6 is 11.3 Å². The second kappa shape index (κ2) is 5.70. The number of nitrogens with zero attached hydrogens (tertiary/aromatic N) is 1. The minimum Gasteiger partial charge on any atom is -0.461 e. The monoisotopic (exact) mass is 228 g/mol. The zero-order valence-electron chi connectivity index (χ0n) is 9.08. The van der Waals surface area contributed by atoms with Crippen LogP contribution in [0.2, 0.25) is 0 Å². The maximum Gasteiger partial charge on any atom is 0.358 e. The lowest BCUT2D eigenvalue weighted by atomic mass is 10.2. The summed E-state index contributed by atoms with van der Waals surface area (Å²) in [7, 11) is 0. The summed E-state index contributed by atoms with van der Waals surface area (Å²) in [5.74, 6) is -0.353. The third-order valence-electron chi connectivity index (χ3n) is 1.82. The highest BCUT2D eigenvalue weighted by Gasteiger charge is 2.17. The minimum atomic E-state index is -0.353. The molecule has 0 amide bonds. The highest BCUT2D eigenvalue weighted by molar-refractivity contribution is 7.15. The number of hydrogen-bond acceptors (Lipinski definition) is 5. The first-order valence-corrected chi connectivity index (χ1v) is 5.93. The second-order valence-corrected chi connectivity index (χ2v) is 4.33. The van der Waals surface area contributed by atoms with Crippen molar-refractivity contribution in [2.45, 2.75) is 33.1 Å². The number of anilines is 1. The van der Waals surface area contributed by atoms with E-state index < -0.39 is 0 Å². The molecular weight excluding hydrogens is 212 g/mol. The Morgan fingerprint density at radius 1 is 1.47 bits per heavy atom. The SMILES string of the molecule is CCCOC(=O)c1nc(N)sc1CCC. The van der Waals surface area contributed by atoms with Crippen molar-refractivity contribution in [3.05, 3.63) is 10.6 Å². The number of carbonyl (C=O) groups is 1. The number of hydrogen-bond donors (Lipinski definition) is 1. The lowest BCUT2D eigenvalue weighted by molar-refractivity contribution is 0.0498. The van der Waals surface area contributed by atoms with Crippen LogP contribution in [0.4, 0.5) is 5.13 Å². The predicted molar refractivity (Wildman–Crippen MR) is 61.1 cm³/mol. The Hall–Kier alpha value is -1.10. The average Bonchev–Trinajstić information content (AvgIpc) is 2.57. The van der Waals surface area contributed by atoms with Crippen molar-refractivity contribution < 1.29 is 9.53 Å². The van der Waals surface area contributed by atoms with Gasteiger partial charge in [0.15, 0.2) is 10.8 Å². The second-order valence-electron chi connectivity index (χ2n) is 3.21. The lowest BCUT2D eigenvalue weighted by Gasteiger charge is -2.01. The van der Waals surface area contributed by atoms with E-state index >= 15 is 0 Å². The van der Waals surface area contributed by atoms with Crippen LogP contribution in [0, 0.1) is 0 Å². The molecule has 0 radical (unpaired) electrons. The third-order valence-corrected chi connectivity index (χ3v) is 2.77. The molecule has 1 heterocycles. The van der Waals surface area contributed by atoms with E-state index in [1.165, 1.54) is 11.3 Å². The van der Waals surface area contributed by atoms with Crippen molar-refractivity contribution in [1.29, 1.82) is 0 Å². The maximum atomic E-state index is 11.6. The molecule has 0 atom stereocenters. The number of nitrogen functional groups attached to an aromatic ring is 1. The molecule has 5 heteroatoms. The van der Waals surface area contributed by atoms with Crippen molar-refractivity contribution in [2.75, 3.05) is 12.3 Å². The molecule has 0 fully saturated rings. The van der Waals surface area contributed by atoms with Crippen molar-refractivity contribution in [3.8, 4) is 0 Å². The third kappa shape index (κ3) is 3.20. The molecule has 0 aromatic carbocycles. The van der Waals surface area contributed by atoms with E-state index in [0.29, 0.717) is 17.4 Å². The van der Waals surface area contributed by atoms with Gasteiger partial charge >= 0.3 is 5.97 Å². The topological polar surface area (TPSA) is 65.2 Å². The van der Waals surface area contributed by atoms with Crippen LogP contribution in [-0.4, -0.2) is 17.6 Å². The Morgan fingerprint density at radius 2 is 2.20 bits per heavy atom. The highest BCUT2D eigenvalue weighted by atomic mass is 32.1. The van der Waals surface area contributed by atoms with Gasteiger partial charge in [0, 0.05) is 4.88 Å². The molecule has 1 rings (SSSR count). The van der Waals surface area contributed by atoms with Gasteiger partial charge in [-0.15, -0.1) is 11.3 Å². The molecule has 1 aromatic heterocycles. The smallest absolute Gasteiger partial charge is 0.358 e. The quantitative estimate of drug-likeness (QED) is 0.785. The van der Waals surface area contributed by atoms with E-state index in [2.05, 4.69) is 11.9 Å². The van der Waals surface area contributed by atoms with Gasteiger partial charge in [-0.25, -0.2) is 9.78 Å². The molecule has 84 valence electrons. The van der Waals surface area contributed by atoms with Gasteiger partial charge < -0.3 is 10.5 Å². The van der Waals surface area contributed by atoms with E-state index in [0.717, 1.165) is 24.1 Å². The largest absolute Gasteiger partial charge is 0.461 e. The summed E-state index contributed by atoms with van der Waals surface area (Å²) in [5, 5.41) is 0.432. The zero-order chi connectivity index (χ0) is 11.3. The number of esters is 1. The predicted octanol–water partition coefficient (Wildman–Crippen LogP) is 2.24. The summed E-state index contributed by atoms with van der Waals surface area (Å²) >= 11 is 1.37. The fraction of sp³-hybridized carbons (Fsp3) is 0.600. The molecule has 2 N–H and O–H groups in total. The molecule has 0 spiro atoms. The zero-order valence-corrected chi connectivity index (χ0v) is 9.89. The van der Waals surface area contributed by atoms with E-state index in [-0.39, 0.29) is 5.97 Å². The summed E-state index contributed by atoms with van der Waals surface area (Å²) in [6.07, 6.45) is 2.61. The van der Waals surface area contributed by atoms with E-state index in [1.54, 1.807) is 0 Å². The molecule has 1 aromatic rings. The fourth-order valence-corrected chi connectivity index (χ4v) is 2.11. The molecule has 0 aliphatic heterocycles. The van der Waals surface area contributed by atoms with Gasteiger partial charge in [0.25, 0.3) is 0 Å². The van der Waals surface area contributed by atoms with E-state index in [1.807, 2.05) is 6.92 Å². The Labute approximate surface area is 93.5 Å². The average molecular weight is 228 g/mol. The molecule has 0 saturated carbocycles. The van der Waals surface area contributed by atoms with Crippen LogP contribution in [0.25, 0.3) is 0 Å². The summed E-state index contributed by atoms with van der Waals surface area (Å²) in [6, 6.07) is 0. The molecule has 0 aliphatic carbocycles. The molecule has 4 nitrogen and oxygen atoms in total. The summed E-state index contributed by atoms with van der Waals surface area (Å²) in [4.78, 5) is 16.5. The molecule has 0 aliphatic rings. The normalized spacial score (nSPS) is 10.3. The number of ether oxygens (including phenoxy) is 1. The van der Waals surface area contributed by atoms with Crippen molar-refractivity contribution in [2.24, 2.45) is 0 Å².